The Bertz CT molecular complexity index is 630. The molecule has 0 atom stereocenters. The number of hydrogen-bond donors (Lipinski definition) is 1. The summed E-state index contributed by atoms with van der Waals surface area (Å²) in [4.78, 5) is 0. The molecular weight excluding hydrogens is 234 g/mol. The van der Waals surface area contributed by atoms with Gasteiger partial charge in [0.1, 0.15) is 11.6 Å². The van der Waals surface area contributed by atoms with Crippen molar-refractivity contribution in [3.05, 3.63) is 59.2 Å². The largest absolute Gasteiger partial charge is 0.326 e. The van der Waals surface area contributed by atoms with Crippen LogP contribution in [0.2, 0.25) is 0 Å². The summed E-state index contributed by atoms with van der Waals surface area (Å²) in [5, 5.41) is 8.78. The molecule has 0 unspecified atom stereocenters. The molecule has 0 aromatic heterocycles. The molecule has 2 rings (SSSR count). The van der Waals surface area contributed by atoms with Crippen LogP contribution in [0.1, 0.15) is 11.1 Å². The van der Waals surface area contributed by atoms with Crippen LogP contribution in [0.25, 0.3) is 11.1 Å². The minimum atomic E-state index is -0.498. The van der Waals surface area contributed by atoms with Gasteiger partial charge < -0.3 is 5.73 Å². The van der Waals surface area contributed by atoms with Crippen molar-refractivity contribution in [2.24, 2.45) is 5.73 Å². The predicted molar refractivity (Wildman–Crippen MR) is 64.4 cm³/mol. The van der Waals surface area contributed by atoms with E-state index in [9.17, 15) is 8.78 Å². The van der Waals surface area contributed by atoms with Gasteiger partial charge in [0, 0.05) is 12.1 Å². The molecule has 0 bridgehead atoms. The molecule has 0 aliphatic rings. The molecule has 0 saturated heterocycles. The predicted octanol–water partition coefficient (Wildman–Crippen LogP) is 2.96. The summed E-state index contributed by atoms with van der Waals surface area (Å²) in [7, 11) is 0. The van der Waals surface area contributed by atoms with E-state index < -0.39 is 11.6 Å². The Morgan fingerprint density at radius 1 is 1.06 bits per heavy atom. The lowest BCUT2D eigenvalue weighted by molar-refractivity contribution is 0.611. The van der Waals surface area contributed by atoms with Crippen molar-refractivity contribution in [1.29, 1.82) is 5.26 Å². The summed E-state index contributed by atoms with van der Waals surface area (Å²) in [6.45, 7) is 0.0695. The summed E-state index contributed by atoms with van der Waals surface area (Å²) < 4.78 is 26.6. The molecule has 0 aliphatic carbocycles. The van der Waals surface area contributed by atoms with E-state index in [2.05, 4.69) is 0 Å². The summed E-state index contributed by atoms with van der Waals surface area (Å²) in [6.07, 6.45) is 0. The number of halogens is 2. The molecular formula is C14H10F2N2. The summed E-state index contributed by atoms with van der Waals surface area (Å²) in [5.41, 5.74) is 7.16. The topological polar surface area (TPSA) is 49.8 Å². The molecule has 0 heterocycles. The van der Waals surface area contributed by atoms with E-state index >= 15 is 0 Å². The first-order valence-corrected chi connectivity index (χ1v) is 5.33. The zero-order valence-electron chi connectivity index (χ0n) is 9.45. The Kier molecular flexibility index (Phi) is 3.35. The van der Waals surface area contributed by atoms with Crippen LogP contribution in [0.5, 0.6) is 0 Å². The maximum Gasteiger partial charge on any atom is 0.127 e. The first-order chi connectivity index (χ1) is 8.63. The van der Waals surface area contributed by atoms with E-state index in [-0.39, 0.29) is 12.1 Å². The van der Waals surface area contributed by atoms with Crippen molar-refractivity contribution in [3.63, 3.8) is 0 Å². The van der Waals surface area contributed by atoms with Gasteiger partial charge in [0.05, 0.1) is 11.6 Å². The lowest BCUT2D eigenvalue weighted by Crippen LogP contribution is -2.00. The minimum Gasteiger partial charge on any atom is -0.326 e. The third kappa shape index (κ3) is 2.36. The van der Waals surface area contributed by atoms with Gasteiger partial charge in [-0.05, 0) is 41.5 Å². The number of benzene rings is 2. The van der Waals surface area contributed by atoms with Gasteiger partial charge in [0.15, 0.2) is 0 Å². The van der Waals surface area contributed by atoms with Gasteiger partial charge in [0.2, 0.25) is 0 Å². The zero-order chi connectivity index (χ0) is 13.1. The highest BCUT2D eigenvalue weighted by molar-refractivity contribution is 5.66. The van der Waals surface area contributed by atoms with Crippen LogP contribution in [0.15, 0.2) is 36.4 Å². The van der Waals surface area contributed by atoms with E-state index in [1.807, 2.05) is 6.07 Å². The van der Waals surface area contributed by atoms with E-state index in [4.69, 9.17) is 11.0 Å². The van der Waals surface area contributed by atoms with Crippen LogP contribution in [-0.4, -0.2) is 0 Å². The molecule has 0 radical (unpaired) electrons. The fourth-order valence-corrected chi connectivity index (χ4v) is 1.73. The number of rotatable bonds is 2. The van der Waals surface area contributed by atoms with Crippen molar-refractivity contribution in [2.75, 3.05) is 0 Å². The van der Waals surface area contributed by atoms with E-state index in [0.717, 1.165) is 6.07 Å². The van der Waals surface area contributed by atoms with Gasteiger partial charge in [-0.15, -0.1) is 0 Å². The molecule has 0 amide bonds. The van der Waals surface area contributed by atoms with Crippen molar-refractivity contribution in [3.8, 4) is 17.2 Å². The Morgan fingerprint density at radius 3 is 2.50 bits per heavy atom. The molecule has 2 nitrogen and oxygen atoms in total. The van der Waals surface area contributed by atoms with E-state index in [1.54, 1.807) is 12.1 Å². The fraction of sp³-hybridized carbons (Fsp3) is 0.0714. The molecule has 2 aromatic rings. The minimum absolute atomic E-state index is 0.0695. The van der Waals surface area contributed by atoms with Crippen molar-refractivity contribution in [2.45, 2.75) is 6.54 Å². The monoisotopic (exact) mass is 244 g/mol. The number of nitriles is 1. The van der Waals surface area contributed by atoms with Gasteiger partial charge in [-0.25, -0.2) is 8.78 Å². The fourth-order valence-electron chi connectivity index (χ4n) is 1.73. The summed E-state index contributed by atoms with van der Waals surface area (Å²) in [6, 6.07) is 10.3. The van der Waals surface area contributed by atoms with Crippen molar-refractivity contribution < 1.29 is 8.78 Å². The first kappa shape index (κ1) is 12.2. The van der Waals surface area contributed by atoms with Gasteiger partial charge in [-0.2, -0.15) is 5.26 Å². The van der Waals surface area contributed by atoms with Crippen LogP contribution in [0, 0.1) is 23.0 Å². The van der Waals surface area contributed by atoms with Crippen molar-refractivity contribution in [1.82, 2.24) is 0 Å². The van der Waals surface area contributed by atoms with Crippen molar-refractivity contribution >= 4 is 0 Å². The Hall–Kier alpha value is -2.25. The van der Waals surface area contributed by atoms with Crippen LogP contribution >= 0.6 is 0 Å². The second-order valence-corrected chi connectivity index (χ2v) is 3.85. The normalized spacial score (nSPS) is 10.1. The first-order valence-electron chi connectivity index (χ1n) is 5.33. The van der Waals surface area contributed by atoms with Gasteiger partial charge in [-0.3, -0.25) is 0 Å². The van der Waals surface area contributed by atoms with Gasteiger partial charge in [-0.1, -0.05) is 6.07 Å². The molecule has 90 valence electrons. The summed E-state index contributed by atoms with van der Waals surface area (Å²) in [5.74, 6) is -0.888. The molecule has 2 N–H and O–H groups in total. The smallest absolute Gasteiger partial charge is 0.127 e. The maximum atomic E-state index is 13.3. The highest BCUT2D eigenvalue weighted by Crippen LogP contribution is 2.24. The molecule has 0 aliphatic heterocycles. The second-order valence-electron chi connectivity index (χ2n) is 3.85. The Morgan fingerprint density at radius 2 is 1.83 bits per heavy atom. The van der Waals surface area contributed by atoms with E-state index in [1.165, 1.54) is 18.2 Å². The molecule has 18 heavy (non-hydrogen) atoms. The number of hydrogen-bond acceptors (Lipinski definition) is 2. The Labute approximate surface area is 103 Å². The molecule has 2 aromatic carbocycles. The lowest BCUT2D eigenvalue weighted by atomic mass is 10.0. The lowest BCUT2D eigenvalue weighted by Gasteiger charge is -2.06. The molecule has 0 fully saturated rings. The Balaban J connectivity index is 2.55. The van der Waals surface area contributed by atoms with Crippen LogP contribution in [0.4, 0.5) is 8.78 Å². The zero-order valence-corrected chi connectivity index (χ0v) is 9.45. The average molecular weight is 244 g/mol. The molecule has 0 spiro atoms. The van der Waals surface area contributed by atoms with Crippen LogP contribution in [-0.2, 0) is 6.54 Å². The van der Waals surface area contributed by atoms with E-state index in [0.29, 0.717) is 16.7 Å². The third-order valence-corrected chi connectivity index (χ3v) is 2.63. The van der Waals surface area contributed by atoms with Crippen LogP contribution < -0.4 is 5.73 Å². The van der Waals surface area contributed by atoms with Gasteiger partial charge >= 0.3 is 0 Å². The number of nitrogens with two attached hydrogens (primary N) is 1. The molecule has 4 heteroatoms. The molecule has 0 saturated carbocycles. The standard InChI is InChI=1S/C14H10F2N2/c15-13-4-9(7-17)3-11(6-13)10-1-2-14(16)12(5-10)8-18/h1-6H,8,18H2. The quantitative estimate of drug-likeness (QED) is 0.882. The van der Waals surface area contributed by atoms with Crippen LogP contribution in [0.3, 0.4) is 0 Å². The maximum absolute atomic E-state index is 13.3. The highest BCUT2D eigenvalue weighted by Gasteiger charge is 2.06. The SMILES string of the molecule is N#Cc1cc(F)cc(-c2ccc(F)c(CN)c2)c1. The average Bonchev–Trinajstić information content (AvgIpc) is 2.38. The highest BCUT2D eigenvalue weighted by atomic mass is 19.1. The second kappa shape index (κ2) is 4.94. The number of nitrogens with zero attached hydrogens (tertiary/aromatic N) is 1. The third-order valence-electron chi connectivity index (χ3n) is 2.63. The van der Waals surface area contributed by atoms with Gasteiger partial charge in [0.25, 0.3) is 0 Å². The summed E-state index contributed by atoms with van der Waals surface area (Å²) >= 11 is 0.